The number of halogens is 3. The SMILES string of the molecule is O=C(NCc1ccccc1F)C(=O)Nc1cc(Cl)ccc1Cl. The van der Waals surface area contributed by atoms with Crippen molar-refractivity contribution in [1.82, 2.24) is 5.32 Å². The maximum atomic E-state index is 13.4. The van der Waals surface area contributed by atoms with E-state index in [1.54, 1.807) is 12.1 Å². The van der Waals surface area contributed by atoms with Crippen molar-refractivity contribution in [3.63, 3.8) is 0 Å². The minimum absolute atomic E-state index is 0.0950. The van der Waals surface area contributed by atoms with Gasteiger partial charge in [0.25, 0.3) is 0 Å². The minimum Gasteiger partial charge on any atom is -0.344 e. The summed E-state index contributed by atoms with van der Waals surface area (Å²) in [6.45, 7) is -0.0950. The van der Waals surface area contributed by atoms with E-state index < -0.39 is 17.6 Å². The third kappa shape index (κ3) is 4.19. The molecule has 0 bridgehead atoms. The Labute approximate surface area is 136 Å². The van der Waals surface area contributed by atoms with Crippen molar-refractivity contribution < 1.29 is 14.0 Å². The molecule has 0 unspecified atom stereocenters. The molecule has 0 atom stereocenters. The standard InChI is InChI=1S/C15H11Cl2FN2O2/c16-10-5-6-11(17)13(7-10)20-15(22)14(21)19-8-9-3-1-2-4-12(9)18/h1-7H,8H2,(H,19,21)(H,20,22). The first-order chi connectivity index (χ1) is 10.5. The average molecular weight is 341 g/mol. The monoisotopic (exact) mass is 340 g/mol. The predicted molar refractivity (Wildman–Crippen MR) is 83.3 cm³/mol. The molecule has 0 aliphatic carbocycles. The smallest absolute Gasteiger partial charge is 0.313 e. The molecule has 7 heteroatoms. The van der Waals surface area contributed by atoms with E-state index in [4.69, 9.17) is 23.2 Å². The van der Waals surface area contributed by atoms with Crippen molar-refractivity contribution in [2.75, 3.05) is 5.32 Å². The van der Waals surface area contributed by atoms with Gasteiger partial charge in [-0.2, -0.15) is 0 Å². The second kappa shape index (κ2) is 7.24. The molecule has 0 aromatic heterocycles. The van der Waals surface area contributed by atoms with E-state index in [2.05, 4.69) is 10.6 Å². The Morgan fingerprint density at radius 3 is 2.50 bits per heavy atom. The van der Waals surface area contributed by atoms with Crippen LogP contribution in [0.1, 0.15) is 5.56 Å². The summed E-state index contributed by atoms with van der Waals surface area (Å²) >= 11 is 11.7. The van der Waals surface area contributed by atoms with Crippen molar-refractivity contribution in [3.8, 4) is 0 Å². The maximum Gasteiger partial charge on any atom is 0.313 e. The van der Waals surface area contributed by atoms with Crippen molar-refractivity contribution in [2.24, 2.45) is 0 Å². The van der Waals surface area contributed by atoms with Crippen LogP contribution >= 0.6 is 23.2 Å². The zero-order valence-corrected chi connectivity index (χ0v) is 12.7. The molecule has 0 saturated carbocycles. The van der Waals surface area contributed by atoms with Crippen molar-refractivity contribution in [3.05, 3.63) is 63.9 Å². The van der Waals surface area contributed by atoms with Gasteiger partial charge >= 0.3 is 11.8 Å². The first-order valence-electron chi connectivity index (χ1n) is 6.25. The minimum atomic E-state index is -0.916. The van der Waals surface area contributed by atoms with Crippen LogP contribution in [0.2, 0.25) is 10.0 Å². The topological polar surface area (TPSA) is 58.2 Å². The molecule has 0 heterocycles. The highest BCUT2D eigenvalue weighted by molar-refractivity contribution is 6.42. The quantitative estimate of drug-likeness (QED) is 0.841. The number of carbonyl (C=O) groups is 2. The number of rotatable bonds is 3. The van der Waals surface area contributed by atoms with E-state index >= 15 is 0 Å². The molecule has 22 heavy (non-hydrogen) atoms. The first-order valence-corrected chi connectivity index (χ1v) is 7.00. The lowest BCUT2D eigenvalue weighted by molar-refractivity contribution is -0.136. The van der Waals surface area contributed by atoms with Crippen LogP contribution in [0.5, 0.6) is 0 Å². The van der Waals surface area contributed by atoms with Gasteiger partial charge < -0.3 is 10.6 Å². The van der Waals surface area contributed by atoms with Crippen LogP contribution in [-0.4, -0.2) is 11.8 Å². The Bertz CT molecular complexity index is 722. The lowest BCUT2D eigenvalue weighted by atomic mass is 10.2. The van der Waals surface area contributed by atoms with Gasteiger partial charge in [0.1, 0.15) is 5.82 Å². The summed E-state index contributed by atoms with van der Waals surface area (Å²) in [4.78, 5) is 23.5. The Balaban J connectivity index is 1.97. The fourth-order valence-corrected chi connectivity index (χ4v) is 2.01. The van der Waals surface area contributed by atoms with Gasteiger partial charge in [-0.1, -0.05) is 41.4 Å². The van der Waals surface area contributed by atoms with Gasteiger partial charge in [0.05, 0.1) is 10.7 Å². The molecule has 2 N–H and O–H groups in total. The lowest BCUT2D eigenvalue weighted by Gasteiger charge is -2.08. The van der Waals surface area contributed by atoms with E-state index in [9.17, 15) is 14.0 Å². The Hall–Kier alpha value is -2.11. The molecule has 4 nitrogen and oxygen atoms in total. The van der Waals surface area contributed by atoms with Crippen LogP contribution in [0.4, 0.5) is 10.1 Å². The van der Waals surface area contributed by atoms with Gasteiger partial charge in [0, 0.05) is 17.1 Å². The van der Waals surface area contributed by atoms with E-state index in [-0.39, 0.29) is 22.8 Å². The van der Waals surface area contributed by atoms with Gasteiger partial charge in [-0.05, 0) is 24.3 Å². The molecule has 2 rings (SSSR count). The number of benzene rings is 2. The summed E-state index contributed by atoms with van der Waals surface area (Å²) in [7, 11) is 0. The summed E-state index contributed by atoms with van der Waals surface area (Å²) in [6, 6.07) is 10.4. The molecule has 0 fully saturated rings. The van der Waals surface area contributed by atoms with E-state index in [0.29, 0.717) is 5.02 Å². The zero-order chi connectivity index (χ0) is 16.1. The Morgan fingerprint density at radius 2 is 1.77 bits per heavy atom. The summed E-state index contributed by atoms with van der Waals surface area (Å²) in [5, 5.41) is 5.28. The normalized spacial score (nSPS) is 10.1. The maximum absolute atomic E-state index is 13.4. The van der Waals surface area contributed by atoms with Crippen LogP contribution < -0.4 is 10.6 Å². The number of carbonyl (C=O) groups excluding carboxylic acids is 2. The molecule has 0 spiro atoms. The Morgan fingerprint density at radius 1 is 1.05 bits per heavy atom. The number of hydrogen-bond donors (Lipinski definition) is 2. The van der Waals surface area contributed by atoms with Crippen LogP contribution in [0.15, 0.2) is 42.5 Å². The van der Waals surface area contributed by atoms with E-state index in [0.717, 1.165) is 0 Å². The number of anilines is 1. The molecular formula is C15H11Cl2FN2O2. The van der Waals surface area contributed by atoms with Crippen LogP contribution in [-0.2, 0) is 16.1 Å². The fourth-order valence-electron chi connectivity index (χ4n) is 1.67. The molecule has 0 aliphatic rings. The molecular weight excluding hydrogens is 330 g/mol. The molecule has 2 amide bonds. The lowest BCUT2D eigenvalue weighted by Crippen LogP contribution is -2.35. The summed E-state index contributed by atoms with van der Waals surface area (Å²) in [6.07, 6.45) is 0. The largest absolute Gasteiger partial charge is 0.344 e. The van der Waals surface area contributed by atoms with Crippen LogP contribution in [0.3, 0.4) is 0 Å². The van der Waals surface area contributed by atoms with Crippen molar-refractivity contribution in [1.29, 1.82) is 0 Å². The molecule has 2 aromatic carbocycles. The zero-order valence-electron chi connectivity index (χ0n) is 11.2. The fraction of sp³-hybridized carbons (Fsp3) is 0.0667. The molecule has 0 saturated heterocycles. The van der Waals surface area contributed by atoms with E-state index in [1.165, 1.54) is 30.3 Å². The van der Waals surface area contributed by atoms with Crippen LogP contribution in [0.25, 0.3) is 0 Å². The summed E-state index contributed by atoms with van der Waals surface area (Å²) < 4.78 is 13.4. The second-order valence-corrected chi connectivity index (χ2v) is 5.20. The highest BCUT2D eigenvalue weighted by atomic mass is 35.5. The molecule has 114 valence electrons. The average Bonchev–Trinajstić information content (AvgIpc) is 2.49. The summed E-state index contributed by atoms with van der Waals surface area (Å²) in [5.74, 6) is -2.28. The second-order valence-electron chi connectivity index (χ2n) is 4.35. The first kappa shape index (κ1) is 16.3. The van der Waals surface area contributed by atoms with Gasteiger partial charge in [-0.15, -0.1) is 0 Å². The Kier molecular flexibility index (Phi) is 5.35. The van der Waals surface area contributed by atoms with Gasteiger partial charge in [0.2, 0.25) is 0 Å². The van der Waals surface area contributed by atoms with Gasteiger partial charge in [-0.25, -0.2) is 4.39 Å². The van der Waals surface area contributed by atoms with Gasteiger partial charge in [-0.3, -0.25) is 9.59 Å². The highest BCUT2D eigenvalue weighted by Crippen LogP contribution is 2.25. The number of nitrogens with one attached hydrogen (secondary N) is 2. The number of hydrogen-bond acceptors (Lipinski definition) is 2. The molecule has 0 aliphatic heterocycles. The third-order valence-electron chi connectivity index (χ3n) is 2.78. The summed E-state index contributed by atoms with van der Waals surface area (Å²) in [5.41, 5.74) is 0.504. The molecule has 2 aromatic rings. The predicted octanol–water partition coefficient (Wildman–Crippen LogP) is 3.39. The highest BCUT2D eigenvalue weighted by Gasteiger charge is 2.15. The van der Waals surface area contributed by atoms with Crippen molar-refractivity contribution >= 4 is 40.7 Å². The van der Waals surface area contributed by atoms with Crippen molar-refractivity contribution in [2.45, 2.75) is 6.54 Å². The number of amides is 2. The third-order valence-corrected chi connectivity index (χ3v) is 3.34. The van der Waals surface area contributed by atoms with Crippen LogP contribution in [0, 0.1) is 5.82 Å². The van der Waals surface area contributed by atoms with E-state index in [1.807, 2.05) is 0 Å². The molecule has 0 radical (unpaired) electrons. The van der Waals surface area contributed by atoms with Gasteiger partial charge in [0.15, 0.2) is 0 Å².